The van der Waals surface area contributed by atoms with Crippen molar-refractivity contribution in [2.75, 3.05) is 0 Å². The Balaban J connectivity index is 1.66. The number of benzene rings is 1. The van der Waals surface area contributed by atoms with E-state index in [2.05, 4.69) is 0 Å². The summed E-state index contributed by atoms with van der Waals surface area (Å²) in [6.07, 6.45) is 6.21. The lowest BCUT2D eigenvalue weighted by molar-refractivity contribution is -0.237. The molecule has 0 amide bonds. The van der Waals surface area contributed by atoms with Crippen molar-refractivity contribution in [1.82, 2.24) is 0 Å². The molecule has 4 heteroatoms. The first-order chi connectivity index (χ1) is 11.0. The summed E-state index contributed by atoms with van der Waals surface area (Å²) in [6.45, 7) is 1.94. The first kappa shape index (κ1) is 13.6. The Morgan fingerprint density at radius 3 is 2.78 bits per heavy atom. The zero-order chi connectivity index (χ0) is 15.9. The minimum atomic E-state index is -1.28. The Morgan fingerprint density at radius 2 is 1.91 bits per heavy atom. The van der Waals surface area contributed by atoms with E-state index in [0.717, 1.165) is 24.8 Å². The number of Topliss-reactive ketones (excluding diaryl/α,β-unsaturated/α-hetero) is 2. The highest BCUT2D eigenvalue weighted by Crippen LogP contribution is 2.63. The van der Waals surface area contributed by atoms with Crippen molar-refractivity contribution in [3.63, 3.8) is 0 Å². The summed E-state index contributed by atoms with van der Waals surface area (Å²) in [5.41, 5.74) is -0.423. The maximum absolute atomic E-state index is 13.1. The zero-order valence-corrected chi connectivity index (χ0v) is 13.0. The van der Waals surface area contributed by atoms with E-state index in [1.54, 1.807) is 12.1 Å². The van der Waals surface area contributed by atoms with Gasteiger partial charge in [-0.3, -0.25) is 9.59 Å². The van der Waals surface area contributed by atoms with Gasteiger partial charge in [0.25, 0.3) is 0 Å². The maximum Gasteiger partial charge on any atom is 0.202 e. The van der Waals surface area contributed by atoms with Crippen molar-refractivity contribution in [2.45, 2.75) is 50.1 Å². The van der Waals surface area contributed by atoms with E-state index >= 15 is 0 Å². The summed E-state index contributed by atoms with van der Waals surface area (Å²) in [6, 6.07) is 7.42. The van der Waals surface area contributed by atoms with Crippen LogP contribution in [0, 0.1) is 5.41 Å². The van der Waals surface area contributed by atoms with Crippen molar-refractivity contribution in [3.05, 3.63) is 41.5 Å². The molecule has 4 nitrogen and oxygen atoms in total. The van der Waals surface area contributed by atoms with Gasteiger partial charge in [0, 0.05) is 12.0 Å². The van der Waals surface area contributed by atoms with Crippen LogP contribution in [0.3, 0.4) is 0 Å². The molecule has 2 aliphatic heterocycles. The number of fused-ring (bicyclic) bond motifs is 3. The zero-order valence-electron chi connectivity index (χ0n) is 13.0. The highest BCUT2D eigenvalue weighted by Gasteiger charge is 2.77. The third-order valence-corrected chi connectivity index (χ3v) is 6.16. The van der Waals surface area contributed by atoms with E-state index in [1.807, 2.05) is 31.2 Å². The molecule has 1 aromatic rings. The normalized spacial score (nSPS) is 43.8. The quantitative estimate of drug-likeness (QED) is 0.739. The van der Waals surface area contributed by atoms with E-state index in [0.29, 0.717) is 12.0 Å². The van der Waals surface area contributed by atoms with E-state index in [4.69, 9.17) is 9.47 Å². The van der Waals surface area contributed by atoms with E-state index < -0.39 is 22.9 Å². The van der Waals surface area contributed by atoms with Gasteiger partial charge in [-0.05, 0) is 31.4 Å². The molecule has 2 aliphatic carbocycles. The lowest BCUT2D eigenvalue weighted by Gasteiger charge is -2.47. The first-order valence-electron chi connectivity index (χ1n) is 8.28. The minimum Gasteiger partial charge on any atom is -0.334 e. The molecule has 118 valence electrons. The van der Waals surface area contributed by atoms with Gasteiger partial charge in [0.05, 0.1) is 5.41 Å². The lowest BCUT2D eigenvalue weighted by Crippen LogP contribution is -2.62. The second-order valence-electron chi connectivity index (χ2n) is 7.30. The van der Waals surface area contributed by atoms with Gasteiger partial charge in [0.1, 0.15) is 0 Å². The molecule has 4 aliphatic rings. The van der Waals surface area contributed by atoms with Crippen molar-refractivity contribution in [2.24, 2.45) is 5.41 Å². The molecular weight excluding hydrogens is 292 g/mol. The fourth-order valence-electron chi connectivity index (χ4n) is 4.77. The molecule has 3 fully saturated rings. The smallest absolute Gasteiger partial charge is 0.202 e. The van der Waals surface area contributed by atoms with Crippen LogP contribution >= 0.6 is 0 Å². The molecule has 0 N–H and O–H groups in total. The number of carbonyl (C=O) groups excluding carboxylic acids is 2. The SMILES string of the molecule is C[C@@]12CCCC[C@@]13O[C@@H](C2=O)[C@@]1(C=Cc2ccccc2C1=O)O3. The number of ketones is 2. The van der Waals surface area contributed by atoms with Crippen molar-refractivity contribution in [1.29, 1.82) is 0 Å². The third kappa shape index (κ3) is 1.36. The Bertz CT molecular complexity index is 781. The highest BCUT2D eigenvalue weighted by atomic mass is 16.8. The number of hydrogen-bond donors (Lipinski definition) is 0. The Labute approximate surface area is 134 Å². The molecule has 4 atom stereocenters. The summed E-state index contributed by atoms with van der Waals surface area (Å²) in [5.74, 6) is -1.06. The molecule has 0 unspecified atom stereocenters. The topological polar surface area (TPSA) is 52.6 Å². The van der Waals surface area contributed by atoms with Gasteiger partial charge >= 0.3 is 0 Å². The Hall–Kier alpha value is -1.78. The summed E-state index contributed by atoms with van der Waals surface area (Å²) >= 11 is 0. The molecule has 1 saturated carbocycles. The van der Waals surface area contributed by atoms with Gasteiger partial charge in [-0.1, -0.05) is 36.8 Å². The van der Waals surface area contributed by atoms with Crippen molar-refractivity contribution >= 4 is 17.6 Å². The second kappa shape index (κ2) is 4.00. The lowest BCUT2D eigenvalue weighted by atomic mass is 9.64. The maximum atomic E-state index is 13.1. The predicted molar refractivity (Wildman–Crippen MR) is 82.8 cm³/mol. The van der Waals surface area contributed by atoms with Crippen LogP contribution in [0.15, 0.2) is 30.3 Å². The molecule has 2 bridgehead atoms. The van der Waals surface area contributed by atoms with Gasteiger partial charge in [0.2, 0.25) is 5.78 Å². The summed E-state index contributed by atoms with van der Waals surface area (Å²) in [7, 11) is 0. The number of carbonyl (C=O) groups is 2. The molecule has 23 heavy (non-hydrogen) atoms. The van der Waals surface area contributed by atoms with E-state index in [9.17, 15) is 9.59 Å². The fraction of sp³-hybridized carbons (Fsp3) is 0.474. The molecule has 2 heterocycles. The third-order valence-electron chi connectivity index (χ3n) is 6.16. The van der Waals surface area contributed by atoms with Crippen molar-refractivity contribution < 1.29 is 19.1 Å². The van der Waals surface area contributed by atoms with Crippen LogP contribution in [-0.2, 0) is 14.3 Å². The first-order valence-corrected chi connectivity index (χ1v) is 8.28. The van der Waals surface area contributed by atoms with Crippen LogP contribution in [0.4, 0.5) is 0 Å². The van der Waals surface area contributed by atoms with Gasteiger partial charge in [-0.15, -0.1) is 0 Å². The Morgan fingerprint density at radius 1 is 1.13 bits per heavy atom. The fourth-order valence-corrected chi connectivity index (χ4v) is 4.77. The van der Waals surface area contributed by atoms with Crippen LogP contribution in [0.25, 0.3) is 6.08 Å². The number of ether oxygens (including phenoxy) is 2. The number of rotatable bonds is 0. The standard InChI is InChI=1S/C19H18O4/c1-17-9-4-5-10-19(17)22-16(15(17)21)18(23-19)11-8-12-6-2-3-7-13(12)14(18)20/h2-3,6-8,11,16H,4-5,9-10H2,1H3/t16-,17-,18-,19-/m0/s1. The molecule has 0 aromatic heterocycles. The van der Waals surface area contributed by atoms with Crippen LogP contribution in [0.2, 0.25) is 0 Å². The second-order valence-corrected chi connectivity index (χ2v) is 7.30. The average Bonchev–Trinajstić information content (AvgIpc) is 3.01. The van der Waals surface area contributed by atoms with E-state index in [1.165, 1.54) is 0 Å². The largest absolute Gasteiger partial charge is 0.334 e. The summed E-state index contributed by atoms with van der Waals surface area (Å²) in [5, 5.41) is 0. The number of hydrogen-bond acceptors (Lipinski definition) is 4. The molecular formula is C19H18O4. The highest BCUT2D eigenvalue weighted by molar-refractivity contribution is 6.14. The van der Waals surface area contributed by atoms with Crippen LogP contribution in [0.5, 0.6) is 0 Å². The van der Waals surface area contributed by atoms with Crippen molar-refractivity contribution in [3.8, 4) is 0 Å². The molecule has 5 rings (SSSR count). The monoisotopic (exact) mass is 310 g/mol. The predicted octanol–water partition coefficient (Wildman–Crippen LogP) is 2.91. The van der Waals surface area contributed by atoms with Crippen LogP contribution in [-0.4, -0.2) is 29.1 Å². The minimum absolute atomic E-state index is 0.0285. The molecule has 2 saturated heterocycles. The molecule has 0 radical (unpaired) electrons. The Kier molecular flexibility index (Phi) is 2.37. The van der Waals surface area contributed by atoms with Gasteiger partial charge in [-0.2, -0.15) is 0 Å². The summed E-state index contributed by atoms with van der Waals surface area (Å²) in [4.78, 5) is 26.2. The van der Waals surface area contributed by atoms with Gasteiger partial charge in [-0.25, -0.2) is 0 Å². The van der Waals surface area contributed by atoms with Gasteiger partial charge < -0.3 is 9.47 Å². The van der Waals surface area contributed by atoms with E-state index in [-0.39, 0.29) is 11.6 Å². The summed E-state index contributed by atoms with van der Waals surface area (Å²) < 4.78 is 12.5. The molecule has 2 spiro atoms. The molecule has 1 aromatic carbocycles. The van der Waals surface area contributed by atoms with Gasteiger partial charge in [0.15, 0.2) is 23.3 Å². The van der Waals surface area contributed by atoms with Crippen LogP contribution in [0.1, 0.15) is 48.5 Å². The average molecular weight is 310 g/mol. The van der Waals surface area contributed by atoms with Crippen LogP contribution < -0.4 is 0 Å².